The lowest BCUT2D eigenvalue weighted by atomic mass is 9.92. The van der Waals surface area contributed by atoms with Crippen molar-refractivity contribution in [2.45, 2.75) is 31.7 Å². The molecular formula is C13H20ClNO2. The van der Waals surface area contributed by atoms with Gasteiger partial charge in [-0.05, 0) is 24.8 Å². The summed E-state index contributed by atoms with van der Waals surface area (Å²) in [6.45, 7) is 0. The predicted molar refractivity (Wildman–Crippen MR) is 70.8 cm³/mol. The molecule has 1 aliphatic rings. The third-order valence-electron chi connectivity index (χ3n) is 3.50. The number of phenols is 1. The number of halogens is 1. The maximum Gasteiger partial charge on any atom is 0.124 e. The fourth-order valence-corrected chi connectivity index (χ4v) is 2.50. The summed E-state index contributed by atoms with van der Waals surface area (Å²) in [7, 11) is 1.59. The van der Waals surface area contributed by atoms with E-state index in [4.69, 9.17) is 10.5 Å². The normalized spacial score (nSPS) is 17.5. The summed E-state index contributed by atoms with van der Waals surface area (Å²) in [4.78, 5) is 0. The average Bonchev–Trinajstić information content (AvgIpc) is 2.81. The number of hydrogen-bond donors (Lipinski definition) is 2. The number of nitrogens with two attached hydrogens (primary N) is 1. The molecule has 0 saturated heterocycles. The number of benzene rings is 1. The first-order valence-electron chi connectivity index (χ1n) is 5.85. The van der Waals surface area contributed by atoms with Gasteiger partial charge in [0.1, 0.15) is 11.5 Å². The molecule has 0 unspecified atom stereocenters. The lowest BCUT2D eigenvalue weighted by molar-refractivity contribution is 0.394. The van der Waals surface area contributed by atoms with E-state index in [-0.39, 0.29) is 24.2 Å². The molecule has 1 fully saturated rings. The number of ether oxygens (including phenoxy) is 1. The molecule has 0 aromatic heterocycles. The van der Waals surface area contributed by atoms with Crippen LogP contribution in [0.2, 0.25) is 0 Å². The highest BCUT2D eigenvalue weighted by Crippen LogP contribution is 2.38. The van der Waals surface area contributed by atoms with Gasteiger partial charge < -0.3 is 15.6 Å². The Bertz CT molecular complexity index is 364. The van der Waals surface area contributed by atoms with E-state index in [1.165, 1.54) is 25.7 Å². The lowest BCUT2D eigenvalue weighted by Gasteiger charge is -2.20. The Hall–Kier alpha value is -0.930. The third kappa shape index (κ3) is 3.05. The molecule has 0 bridgehead atoms. The Labute approximate surface area is 108 Å². The molecule has 1 atom stereocenters. The highest BCUT2D eigenvalue weighted by atomic mass is 35.5. The number of hydrogen-bond acceptors (Lipinski definition) is 3. The van der Waals surface area contributed by atoms with Crippen LogP contribution in [0.1, 0.15) is 37.3 Å². The molecule has 1 aliphatic carbocycles. The molecule has 1 saturated carbocycles. The quantitative estimate of drug-likeness (QED) is 0.875. The molecule has 0 heterocycles. The lowest BCUT2D eigenvalue weighted by Crippen LogP contribution is -2.19. The predicted octanol–water partition coefficient (Wildman–Crippen LogP) is 3.01. The largest absolute Gasteiger partial charge is 0.507 e. The molecule has 0 aliphatic heterocycles. The van der Waals surface area contributed by atoms with Crippen molar-refractivity contribution in [3.8, 4) is 11.5 Å². The Morgan fingerprint density at radius 2 is 2.00 bits per heavy atom. The van der Waals surface area contributed by atoms with E-state index in [9.17, 15) is 5.11 Å². The molecule has 3 nitrogen and oxygen atoms in total. The molecule has 2 rings (SSSR count). The van der Waals surface area contributed by atoms with Crippen LogP contribution in [0.3, 0.4) is 0 Å². The number of methoxy groups -OCH3 is 1. The second-order valence-electron chi connectivity index (χ2n) is 4.50. The van der Waals surface area contributed by atoms with Crippen LogP contribution in [-0.4, -0.2) is 12.2 Å². The maximum atomic E-state index is 9.89. The van der Waals surface area contributed by atoms with Crippen molar-refractivity contribution in [2.24, 2.45) is 11.7 Å². The van der Waals surface area contributed by atoms with Crippen LogP contribution < -0.4 is 10.5 Å². The molecule has 1 aromatic rings. The minimum Gasteiger partial charge on any atom is -0.507 e. The Morgan fingerprint density at radius 1 is 1.35 bits per heavy atom. The molecule has 0 spiro atoms. The highest BCUT2D eigenvalue weighted by molar-refractivity contribution is 5.85. The Kier molecular flexibility index (Phi) is 5.09. The topological polar surface area (TPSA) is 55.5 Å². The van der Waals surface area contributed by atoms with E-state index in [0.717, 1.165) is 5.56 Å². The van der Waals surface area contributed by atoms with Gasteiger partial charge in [-0.1, -0.05) is 18.9 Å². The number of aromatic hydroxyl groups is 1. The van der Waals surface area contributed by atoms with Crippen molar-refractivity contribution in [1.82, 2.24) is 0 Å². The van der Waals surface area contributed by atoms with Crippen molar-refractivity contribution in [2.75, 3.05) is 7.11 Å². The summed E-state index contributed by atoms with van der Waals surface area (Å²) in [6.07, 6.45) is 4.86. The summed E-state index contributed by atoms with van der Waals surface area (Å²) in [5.74, 6) is 1.43. The highest BCUT2D eigenvalue weighted by Gasteiger charge is 2.25. The molecule has 3 N–H and O–H groups in total. The van der Waals surface area contributed by atoms with Gasteiger partial charge in [-0.25, -0.2) is 0 Å². The zero-order valence-corrected chi connectivity index (χ0v) is 10.9. The summed E-state index contributed by atoms with van der Waals surface area (Å²) < 4.78 is 5.05. The van der Waals surface area contributed by atoms with Crippen LogP contribution in [-0.2, 0) is 0 Å². The van der Waals surface area contributed by atoms with Gasteiger partial charge in [0.25, 0.3) is 0 Å². The Balaban J connectivity index is 0.00000144. The van der Waals surface area contributed by atoms with Gasteiger partial charge >= 0.3 is 0 Å². The first kappa shape index (κ1) is 14.1. The van der Waals surface area contributed by atoms with Gasteiger partial charge in [-0.15, -0.1) is 12.4 Å². The van der Waals surface area contributed by atoms with Crippen molar-refractivity contribution in [1.29, 1.82) is 0 Å². The molecule has 96 valence electrons. The van der Waals surface area contributed by atoms with Gasteiger partial charge in [0.2, 0.25) is 0 Å². The van der Waals surface area contributed by atoms with E-state index < -0.39 is 0 Å². The number of phenolic OH excluding ortho intramolecular Hbond substituents is 1. The zero-order chi connectivity index (χ0) is 11.5. The van der Waals surface area contributed by atoms with Crippen molar-refractivity contribution < 1.29 is 9.84 Å². The smallest absolute Gasteiger partial charge is 0.124 e. The first-order valence-corrected chi connectivity index (χ1v) is 5.85. The van der Waals surface area contributed by atoms with Crippen molar-refractivity contribution >= 4 is 12.4 Å². The standard InChI is InChI=1S/C13H19NO2.ClH/c1-16-10-6-7-11(12(15)8-10)13(14)9-4-2-3-5-9;/h6-9,13,15H,2-5,14H2,1H3;1H/t13-;/m1./s1. The molecule has 0 radical (unpaired) electrons. The molecule has 17 heavy (non-hydrogen) atoms. The summed E-state index contributed by atoms with van der Waals surface area (Å²) in [5.41, 5.74) is 7.03. The van der Waals surface area contributed by atoms with Crippen LogP contribution in [0.15, 0.2) is 18.2 Å². The van der Waals surface area contributed by atoms with Crippen LogP contribution in [0.4, 0.5) is 0 Å². The van der Waals surface area contributed by atoms with E-state index in [1.807, 2.05) is 12.1 Å². The van der Waals surface area contributed by atoms with E-state index in [2.05, 4.69) is 0 Å². The first-order chi connectivity index (χ1) is 7.72. The van der Waals surface area contributed by atoms with E-state index >= 15 is 0 Å². The van der Waals surface area contributed by atoms with Crippen LogP contribution in [0.5, 0.6) is 11.5 Å². The molecular weight excluding hydrogens is 238 g/mol. The van der Waals surface area contributed by atoms with Crippen molar-refractivity contribution in [3.05, 3.63) is 23.8 Å². The Morgan fingerprint density at radius 3 is 2.53 bits per heavy atom. The van der Waals surface area contributed by atoms with E-state index in [1.54, 1.807) is 13.2 Å². The van der Waals surface area contributed by atoms with E-state index in [0.29, 0.717) is 11.7 Å². The van der Waals surface area contributed by atoms with Crippen molar-refractivity contribution in [3.63, 3.8) is 0 Å². The van der Waals surface area contributed by atoms with Crippen LogP contribution in [0, 0.1) is 5.92 Å². The van der Waals surface area contributed by atoms with Gasteiger partial charge in [0, 0.05) is 17.7 Å². The molecule has 4 heteroatoms. The van der Waals surface area contributed by atoms with Crippen LogP contribution in [0.25, 0.3) is 0 Å². The monoisotopic (exact) mass is 257 g/mol. The van der Waals surface area contributed by atoms with Crippen LogP contribution >= 0.6 is 12.4 Å². The zero-order valence-electron chi connectivity index (χ0n) is 10.1. The SMILES string of the molecule is COc1ccc([C@H](N)C2CCCC2)c(O)c1.Cl. The molecule has 0 amide bonds. The van der Waals surface area contributed by atoms with Gasteiger partial charge in [-0.3, -0.25) is 0 Å². The fraction of sp³-hybridized carbons (Fsp3) is 0.538. The minimum absolute atomic E-state index is 0. The second-order valence-corrected chi connectivity index (χ2v) is 4.50. The number of rotatable bonds is 3. The molecule has 1 aromatic carbocycles. The average molecular weight is 258 g/mol. The third-order valence-corrected chi connectivity index (χ3v) is 3.50. The van der Waals surface area contributed by atoms with Gasteiger partial charge in [0.05, 0.1) is 7.11 Å². The minimum atomic E-state index is -0.0478. The maximum absolute atomic E-state index is 9.89. The summed E-state index contributed by atoms with van der Waals surface area (Å²) in [5, 5.41) is 9.89. The second kappa shape index (κ2) is 6.12. The summed E-state index contributed by atoms with van der Waals surface area (Å²) in [6, 6.07) is 5.30. The van der Waals surface area contributed by atoms with Gasteiger partial charge in [-0.2, -0.15) is 0 Å². The van der Waals surface area contributed by atoms with Gasteiger partial charge in [0.15, 0.2) is 0 Å². The summed E-state index contributed by atoms with van der Waals surface area (Å²) >= 11 is 0. The fourth-order valence-electron chi connectivity index (χ4n) is 2.50.